The van der Waals surface area contributed by atoms with Crippen LogP contribution in [0.4, 0.5) is 0 Å². The van der Waals surface area contributed by atoms with Crippen LogP contribution in [0.15, 0.2) is 0 Å². The van der Waals surface area contributed by atoms with Crippen LogP contribution in [0.25, 0.3) is 0 Å². The summed E-state index contributed by atoms with van der Waals surface area (Å²) in [5, 5.41) is 3.29. The summed E-state index contributed by atoms with van der Waals surface area (Å²) in [6, 6.07) is 0.653. The summed E-state index contributed by atoms with van der Waals surface area (Å²) >= 11 is 0. The third-order valence-electron chi connectivity index (χ3n) is 3.28. The number of carbonyl (C=O) groups excluding carboxylic acids is 1. The highest BCUT2D eigenvalue weighted by Gasteiger charge is 2.26. The average Bonchev–Trinajstić information content (AvgIpc) is 2.27. The Morgan fingerprint density at radius 1 is 1.40 bits per heavy atom. The molecule has 15 heavy (non-hydrogen) atoms. The molecule has 0 radical (unpaired) electrons. The highest BCUT2D eigenvalue weighted by Crippen LogP contribution is 2.13. The first kappa shape index (κ1) is 12.5. The Morgan fingerprint density at radius 2 is 1.93 bits per heavy atom. The topological polar surface area (TPSA) is 35.6 Å². The number of likely N-dealkylation sites (tertiary alicyclic amines) is 1. The standard InChI is InChI=1S/C11H23N3O/c1-9(11(15)13(3)4)14-7-5-10(12-2)6-8-14/h9-10,12H,5-8H2,1-4H3. The number of rotatable bonds is 3. The second-order valence-corrected chi connectivity index (χ2v) is 4.51. The number of hydrogen-bond donors (Lipinski definition) is 1. The van der Waals surface area contributed by atoms with E-state index in [1.165, 1.54) is 0 Å². The van der Waals surface area contributed by atoms with Crippen LogP contribution >= 0.6 is 0 Å². The first-order valence-corrected chi connectivity index (χ1v) is 5.68. The summed E-state index contributed by atoms with van der Waals surface area (Å²) in [5.74, 6) is 0.206. The van der Waals surface area contributed by atoms with E-state index in [-0.39, 0.29) is 11.9 Å². The van der Waals surface area contributed by atoms with Crippen LogP contribution < -0.4 is 5.32 Å². The molecule has 1 amide bonds. The maximum absolute atomic E-state index is 11.8. The molecular formula is C11H23N3O. The van der Waals surface area contributed by atoms with Gasteiger partial charge in [0, 0.05) is 33.2 Å². The van der Waals surface area contributed by atoms with Gasteiger partial charge in [-0.15, -0.1) is 0 Å². The molecule has 1 N–H and O–H groups in total. The van der Waals surface area contributed by atoms with Gasteiger partial charge in [0.15, 0.2) is 0 Å². The maximum Gasteiger partial charge on any atom is 0.239 e. The number of piperidine rings is 1. The summed E-state index contributed by atoms with van der Waals surface area (Å²) < 4.78 is 0. The molecule has 1 unspecified atom stereocenters. The Bertz CT molecular complexity index is 210. The third-order valence-corrected chi connectivity index (χ3v) is 3.28. The molecule has 1 aliphatic rings. The lowest BCUT2D eigenvalue weighted by Gasteiger charge is -2.36. The zero-order chi connectivity index (χ0) is 11.4. The van der Waals surface area contributed by atoms with Crippen molar-refractivity contribution < 1.29 is 4.79 Å². The van der Waals surface area contributed by atoms with E-state index in [0.29, 0.717) is 6.04 Å². The minimum absolute atomic E-state index is 0.0257. The van der Waals surface area contributed by atoms with Crippen molar-refractivity contribution in [3.05, 3.63) is 0 Å². The van der Waals surface area contributed by atoms with Crippen molar-refractivity contribution in [3.63, 3.8) is 0 Å². The van der Waals surface area contributed by atoms with Crippen molar-refractivity contribution in [2.24, 2.45) is 0 Å². The van der Waals surface area contributed by atoms with E-state index in [4.69, 9.17) is 0 Å². The SMILES string of the molecule is CNC1CCN(C(C)C(=O)N(C)C)CC1. The fourth-order valence-corrected chi connectivity index (χ4v) is 2.11. The summed E-state index contributed by atoms with van der Waals surface area (Å²) in [5.41, 5.74) is 0. The summed E-state index contributed by atoms with van der Waals surface area (Å²) in [7, 11) is 5.65. The molecule has 0 bridgehead atoms. The van der Waals surface area contributed by atoms with Crippen molar-refractivity contribution in [1.82, 2.24) is 15.1 Å². The Kier molecular flexibility index (Phi) is 4.54. The normalized spacial score (nSPS) is 21.3. The minimum Gasteiger partial charge on any atom is -0.347 e. The predicted octanol–water partition coefficient (Wildman–Crippen LogP) is 0.147. The van der Waals surface area contributed by atoms with E-state index in [1.807, 2.05) is 28.1 Å². The van der Waals surface area contributed by atoms with Gasteiger partial charge in [-0.05, 0) is 26.8 Å². The highest BCUT2D eigenvalue weighted by molar-refractivity contribution is 5.80. The molecule has 0 aromatic rings. The molecule has 1 fully saturated rings. The number of nitrogens with one attached hydrogen (secondary N) is 1. The van der Waals surface area contributed by atoms with Gasteiger partial charge in [-0.25, -0.2) is 0 Å². The van der Waals surface area contributed by atoms with E-state index in [2.05, 4.69) is 10.2 Å². The summed E-state index contributed by atoms with van der Waals surface area (Å²) in [6.45, 7) is 4.04. The van der Waals surface area contributed by atoms with Gasteiger partial charge in [0.2, 0.25) is 5.91 Å². The largest absolute Gasteiger partial charge is 0.347 e. The van der Waals surface area contributed by atoms with Gasteiger partial charge in [0.25, 0.3) is 0 Å². The monoisotopic (exact) mass is 213 g/mol. The van der Waals surface area contributed by atoms with Gasteiger partial charge < -0.3 is 10.2 Å². The van der Waals surface area contributed by atoms with Crippen LogP contribution in [0.1, 0.15) is 19.8 Å². The van der Waals surface area contributed by atoms with E-state index in [0.717, 1.165) is 25.9 Å². The second-order valence-electron chi connectivity index (χ2n) is 4.51. The lowest BCUT2D eigenvalue weighted by Crippen LogP contribution is -2.50. The van der Waals surface area contributed by atoms with Gasteiger partial charge >= 0.3 is 0 Å². The highest BCUT2D eigenvalue weighted by atomic mass is 16.2. The molecule has 4 nitrogen and oxygen atoms in total. The van der Waals surface area contributed by atoms with Crippen molar-refractivity contribution in [2.75, 3.05) is 34.2 Å². The molecular weight excluding hydrogens is 190 g/mol. The maximum atomic E-state index is 11.8. The molecule has 1 heterocycles. The summed E-state index contributed by atoms with van der Waals surface area (Å²) in [4.78, 5) is 15.7. The molecule has 4 heteroatoms. The van der Waals surface area contributed by atoms with E-state index >= 15 is 0 Å². The number of nitrogens with zero attached hydrogens (tertiary/aromatic N) is 2. The fourth-order valence-electron chi connectivity index (χ4n) is 2.11. The van der Waals surface area contributed by atoms with Crippen LogP contribution in [0.2, 0.25) is 0 Å². The Balaban J connectivity index is 2.42. The lowest BCUT2D eigenvalue weighted by atomic mass is 10.0. The molecule has 1 rings (SSSR count). The first-order chi connectivity index (χ1) is 7.06. The van der Waals surface area contributed by atoms with Crippen LogP contribution in [0.3, 0.4) is 0 Å². The van der Waals surface area contributed by atoms with Gasteiger partial charge in [-0.1, -0.05) is 0 Å². The Labute approximate surface area is 92.6 Å². The zero-order valence-corrected chi connectivity index (χ0v) is 10.3. The first-order valence-electron chi connectivity index (χ1n) is 5.68. The van der Waals surface area contributed by atoms with Crippen molar-refractivity contribution in [3.8, 4) is 0 Å². The molecule has 88 valence electrons. The number of carbonyl (C=O) groups is 1. The van der Waals surface area contributed by atoms with E-state index in [1.54, 1.807) is 4.90 Å². The number of amides is 1. The average molecular weight is 213 g/mol. The molecule has 0 spiro atoms. The van der Waals surface area contributed by atoms with E-state index < -0.39 is 0 Å². The fraction of sp³-hybridized carbons (Fsp3) is 0.909. The molecule has 0 aliphatic carbocycles. The Morgan fingerprint density at radius 3 is 2.33 bits per heavy atom. The molecule has 1 atom stereocenters. The van der Waals surface area contributed by atoms with Gasteiger partial charge in [-0.2, -0.15) is 0 Å². The molecule has 0 saturated carbocycles. The second kappa shape index (κ2) is 5.47. The molecule has 0 aromatic carbocycles. The quantitative estimate of drug-likeness (QED) is 0.725. The van der Waals surface area contributed by atoms with Crippen molar-refractivity contribution >= 4 is 5.91 Å². The van der Waals surface area contributed by atoms with Crippen LogP contribution in [-0.4, -0.2) is 62.0 Å². The predicted molar refractivity (Wildman–Crippen MR) is 61.8 cm³/mol. The Hall–Kier alpha value is -0.610. The zero-order valence-electron chi connectivity index (χ0n) is 10.3. The minimum atomic E-state index is 0.0257. The summed E-state index contributed by atoms with van der Waals surface area (Å²) in [6.07, 6.45) is 2.28. The third kappa shape index (κ3) is 3.18. The van der Waals surface area contributed by atoms with Crippen molar-refractivity contribution in [2.45, 2.75) is 31.8 Å². The lowest BCUT2D eigenvalue weighted by molar-refractivity contribution is -0.134. The molecule has 0 aromatic heterocycles. The van der Waals surface area contributed by atoms with E-state index in [9.17, 15) is 4.79 Å². The van der Waals surface area contributed by atoms with Crippen molar-refractivity contribution in [1.29, 1.82) is 0 Å². The number of hydrogen-bond acceptors (Lipinski definition) is 3. The van der Waals surface area contributed by atoms with Gasteiger partial charge in [0.05, 0.1) is 6.04 Å². The molecule has 1 aliphatic heterocycles. The molecule has 1 saturated heterocycles. The van der Waals surface area contributed by atoms with Crippen LogP contribution in [-0.2, 0) is 4.79 Å². The van der Waals surface area contributed by atoms with Crippen LogP contribution in [0.5, 0.6) is 0 Å². The van der Waals surface area contributed by atoms with Gasteiger partial charge in [-0.3, -0.25) is 9.69 Å². The van der Waals surface area contributed by atoms with Crippen LogP contribution in [0, 0.1) is 0 Å². The smallest absolute Gasteiger partial charge is 0.239 e. The van der Waals surface area contributed by atoms with Gasteiger partial charge in [0.1, 0.15) is 0 Å². The number of likely N-dealkylation sites (N-methyl/N-ethyl adjacent to an activating group) is 1.